The number of carbonyl (C=O) groups is 2. The van der Waals surface area contributed by atoms with Crippen LogP contribution in [0.5, 0.6) is 0 Å². The topological polar surface area (TPSA) is 49.9 Å². The third-order valence-electron chi connectivity index (χ3n) is 3.44. The van der Waals surface area contributed by atoms with Crippen molar-refractivity contribution in [2.24, 2.45) is 0 Å². The van der Waals surface area contributed by atoms with Gasteiger partial charge in [0.15, 0.2) is 0 Å². The largest absolute Gasteiger partial charge is 0.444 e. The van der Waals surface area contributed by atoms with Gasteiger partial charge in [-0.1, -0.05) is 11.6 Å². The molecule has 1 aromatic rings. The molecule has 0 bridgehead atoms. The highest BCUT2D eigenvalue weighted by Gasteiger charge is 2.29. The zero-order chi connectivity index (χ0) is 18.1. The van der Waals surface area contributed by atoms with Crippen LogP contribution in [0.3, 0.4) is 0 Å². The molecule has 0 unspecified atom stereocenters. The van der Waals surface area contributed by atoms with Crippen molar-refractivity contribution < 1.29 is 18.7 Å². The number of benzene rings is 1. The van der Waals surface area contributed by atoms with Gasteiger partial charge < -0.3 is 14.5 Å². The average Bonchev–Trinajstić information content (AvgIpc) is 2.48. The van der Waals surface area contributed by atoms with Crippen molar-refractivity contribution in [3.8, 4) is 0 Å². The molecule has 5 nitrogen and oxygen atoms in total. The molecule has 0 atom stereocenters. The van der Waals surface area contributed by atoms with Crippen LogP contribution in [0.25, 0.3) is 0 Å². The lowest BCUT2D eigenvalue weighted by Crippen LogP contribution is -2.51. The van der Waals surface area contributed by atoms with E-state index in [1.807, 2.05) is 0 Å². The number of ether oxygens (including phenoxy) is 1. The second-order valence-electron chi connectivity index (χ2n) is 6.51. The Morgan fingerprint density at radius 1 is 1.17 bits per heavy atom. The van der Waals surface area contributed by atoms with Crippen molar-refractivity contribution in [1.29, 1.82) is 0 Å². The second-order valence-corrected chi connectivity index (χ2v) is 7.74. The van der Waals surface area contributed by atoms with E-state index < -0.39 is 17.5 Å². The summed E-state index contributed by atoms with van der Waals surface area (Å²) in [4.78, 5) is 27.7. The maximum atomic E-state index is 13.5. The van der Waals surface area contributed by atoms with Crippen molar-refractivity contribution >= 4 is 39.5 Å². The van der Waals surface area contributed by atoms with E-state index in [-0.39, 0.29) is 16.5 Å². The van der Waals surface area contributed by atoms with Crippen LogP contribution < -0.4 is 0 Å². The molecule has 0 radical (unpaired) electrons. The molecule has 1 aliphatic rings. The number of hydrogen-bond acceptors (Lipinski definition) is 3. The second kappa shape index (κ2) is 7.27. The van der Waals surface area contributed by atoms with Crippen LogP contribution in [-0.2, 0) is 4.74 Å². The summed E-state index contributed by atoms with van der Waals surface area (Å²) in [5, 5.41) is 0.177. The highest BCUT2D eigenvalue weighted by molar-refractivity contribution is 9.10. The van der Waals surface area contributed by atoms with Crippen molar-refractivity contribution in [2.75, 3.05) is 26.2 Å². The molecule has 0 spiro atoms. The highest BCUT2D eigenvalue weighted by Crippen LogP contribution is 2.28. The molecule has 2 amide bonds. The molecule has 1 aromatic carbocycles. The summed E-state index contributed by atoms with van der Waals surface area (Å²) in [5.74, 6) is -0.897. The van der Waals surface area contributed by atoms with E-state index in [2.05, 4.69) is 15.9 Å². The van der Waals surface area contributed by atoms with Gasteiger partial charge in [0.1, 0.15) is 11.4 Å². The molecular weight excluding hydrogens is 403 g/mol. The summed E-state index contributed by atoms with van der Waals surface area (Å²) < 4.78 is 19.2. The molecule has 1 saturated heterocycles. The van der Waals surface area contributed by atoms with Gasteiger partial charge in [-0.05, 0) is 48.8 Å². The smallest absolute Gasteiger partial charge is 0.410 e. The first kappa shape index (κ1) is 19.0. The lowest BCUT2D eigenvalue weighted by molar-refractivity contribution is 0.0141. The molecule has 1 aliphatic heterocycles. The van der Waals surface area contributed by atoms with Gasteiger partial charge in [-0.15, -0.1) is 0 Å². The third-order valence-corrected chi connectivity index (χ3v) is 4.70. The van der Waals surface area contributed by atoms with Crippen LogP contribution in [0.4, 0.5) is 9.18 Å². The Bertz CT molecular complexity index is 655. The van der Waals surface area contributed by atoms with Gasteiger partial charge in [-0.25, -0.2) is 9.18 Å². The van der Waals surface area contributed by atoms with Crippen LogP contribution in [0, 0.1) is 5.82 Å². The number of piperazine rings is 1. The molecule has 0 aromatic heterocycles. The highest BCUT2D eigenvalue weighted by atomic mass is 79.9. The Morgan fingerprint density at radius 2 is 1.71 bits per heavy atom. The Balaban J connectivity index is 2.02. The Morgan fingerprint density at radius 3 is 2.25 bits per heavy atom. The summed E-state index contributed by atoms with van der Waals surface area (Å²) in [6.07, 6.45) is -0.402. The van der Waals surface area contributed by atoms with Gasteiger partial charge in [-0.3, -0.25) is 4.79 Å². The molecule has 2 rings (SSSR count). The molecule has 132 valence electrons. The Kier molecular flexibility index (Phi) is 5.75. The first-order valence-electron chi connectivity index (χ1n) is 7.50. The molecule has 0 saturated carbocycles. The number of halogens is 3. The van der Waals surface area contributed by atoms with Crippen LogP contribution in [0.15, 0.2) is 16.6 Å². The lowest BCUT2D eigenvalue weighted by atomic mass is 10.1. The molecule has 0 aliphatic carbocycles. The van der Waals surface area contributed by atoms with Crippen LogP contribution in [-0.4, -0.2) is 53.6 Å². The zero-order valence-electron chi connectivity index (χ0n) is 13.7. The van der Waals surface area contributed by atoms with Crippen LogP contribution >= 0.6 is 27.5 Å². The minimum absolute atomic E-state index is 0.106. The fourth-order valence-corrected chi connectivity index (χ4v) is 2.92. The van der Waals surface area contributed by atoms with Gasteiger partial charge >= 0.3 is 6.09 Å². The SMILES string of the molecule is CC(C)(C)OC(=O)N1CCN(C(=O)c2cc(F)cc(Br)c2Cl)CC1. The van der Waals surface area contributed by atoms with Crippen molar-refractivity contribution in [1.82, 2.24) is 9.80 Å². The third kappa shape index (κ3) is 4.60. The number of nitrogens with zero attached hydrogens (tertiary/aromatic N) is 2. The van der Waals surface area contributed by atoms with Crippen molar-refractivity contribution in [3.05, 3.63) is 33.0 Å². The minimum Gasteiger partial charge on any atom is -0.444 e. The Hall–Kier alpha value is -1.34. The summed E-state index contributed by atoms with van der Waals surface area (Å²) in [7, 11) is 0. The molecule has 0 N–H and O–H groups in total. The van der Waals surface area contributed by atoms with Gasteiger partial charge in [0.2, 0.25) is 0 Å². The van der Waals surface area contributed by atoms with Crippen LogP contribution in [0.1, 0.15) is 31.1 Å². The van der Waals surface area contributed by atoms with Gasteiger partial charge in [0.25, 0.3) is 5.91 Å². The lowest BCUT2D eigenvalue weighted by Gasteiger charge is -2.35. The van der Waals surface area contributed by atoms with E-state index >= 15 is 0 Å². The Labute approximate surface area is 153 Å². The van der Waals surface area contributed by atoms with E-state index in [4.69, 9.17) is 16.3 Å². The minimum atomic E-state index is -0.564. The van der Waals surface area contributed by atoms with Gasteiger partial charge in [0, 0.05) is 30.7 Å². The monoisotopic (exact) mass is 420 g/mol. The quantitative estimate of drug-likeness (QED) is 0.646. The van der Waals surface area contributed by atoms with E-state index in [0.29, 0.717) is 30.7 Å². The van der Waals surface area contributed by atoms with E-state index in [9.17, 15) is 14.0 Å². The van der Waals surface area contributed by atoms with Gasteiger partial charge in [0.05, 0.1) is 10.6 Å². The molecular formula is C16H19BrClFN2O3. The maximum Gasteiger partial charge on any atom is 0.410 e. The van der Waals surface area contributed by atoms with E-state index in [1.165, 1.54) is 6.07 Å². The molecule has 8 heteroatoms. The molecule has 24 heavy (non-hydrogen) atoms. The number of amides is 2. The van der Waals surface area contributed by atoms with Crippen LogP contribution in [0.2, 0.25) is 5.02 Å². The number of rotatable bonds is 1. The number of carbonyl (C=O) groups excluding carboxylic acids is 2. The summed E-state index contributed by atoms with van der Waals surface area (Å²) >= 11 is 9.22. The first-order valence-corrected chi connectivity index (χ1v) is 8.67. The first-order chi connectivity index (χ1) is 11.1. The standard InChI is InChI=1S/C16H19BrClFN2O3/c1-16(2,3)24-15(23)21-6-4-20(5-7-21)14(22)11-8-10(19)9-12(17)13(11)18/h8-9H,4-7H2,1-3H3. The summed E-state index contributed by atoms with van der Waals surface area (Å²) in [5.41, 5.74) is -0.458. The predicted molar refractivity (Wildman–Crippen MR) is 92.8 cm³/mol. The fraction of sp³-hybridized carbons (Fsp3) is 0.500. The summed E-state index contributed by atoms with van der Waals surface area (Å²) in [6.45, 7) is 6.78. The van der Waals surface area contributed by atoms with E-state index in [1.54, 1.807) is 30.6 Å². The number of hydrogen-bond donors (Lipinski definition) is 0. The molecule has 1 fully saturated rings. The average molecular weight is 422 g/mol. The van der Waals surface area contributed by atoms with Crippen molar-refractivity contribution in [3.63, 3.8) is 0 Å². The summed E-state index contributed by atoms with van der Waals surface area (Å²) in [6, 6.07) is 2.33. The normalized spacial score (nSPS) is 15.4. The fourth-order valence-electron chi connectivity index (χ4n) is 2.30. The predicted octanol–water partition coefficient (Wildman–Crippen LogP) is 3.93. The van der Waals surface area contributed by atoms with E-state index in [0.717, 1.165) is 6.07 Å². The maximum absolute atomic E-state index is 13.5. The van der Waals surface area contributed by atoms with Gasteiger partial charge in [-0.2, -0.15) is 0 Å². The van der Waals surface area contributed by atoms with Crippen molar-refractivity contribution in [2.45, 2.75) is 26.4 Å². The molecule has 1 heterocycles. The zero-order valence-corrected chi connectivity index (χ0v) is 16.1.